The predicted octanol–water partition coefficient (Wildman–Crippen LogP) is 1.85. The molecule has 1 aromatic heterocycles. The van der Waals surface area contributed by atoms with E-state index >= 15 is 0 Å². The van der Waals surface area contributed by atoms with Crippen LogP contribution in [0.2, 0.25) is 10.2 Å². The molecular formula is C7H5Cl2NO3. The van der Waals surface area contributed by atoms with Crippen LogP contribution in [0.4, 0.5) is 0 Å². The maximum Gasteiger partial charge on any atom is 0.341 e. The number of hydrogen-bond donors (Lipinski definition) is 1. The molecular weight excluding hydrogens is 217 g/mol. The number of aromatic nitrogens is 1. The zero-order valence-corrected chi connectivity index (χ0v) is 7.84. The van der Waals surface area contributed by atoms with Gasteiger partial charge in [-0.1, -0.05) is 23.2 Å². The maximum atomic E-state index is 10.1. The molecule has 0 saturated heterocycles. The van der Waals surface area contributed by atoms with Gasteiger partial charge in [-0.15, -0.1) is 0 Å². The predicted molar refractivity (Wildman–Crippen MR) is 47.4 cm³/mol. The largest absolute Gasteiger partial charge is 0.479 e. The Hall–Kier alpha value is -1.00. The molecule has 6 heteroatoms. The van der Waals surface area contributed by atoms with Crippen LogP contribution in [0.1, 0.15) is 0 Å². The Kier molecular flexibility index (Phi) is 3.33. The minimum Gasteiger partial charge on any atom is -0.479 e. The molecule has 1 aromatic rings. The number of carbonyl (C=O) groups is 1. The topological polar surface area (TPSA) is 59.4 Å². The summed E-state index contributed by atoms with van der Waals surface area (Å²) in [4.78, 5) is 13.8. The Morgan fingerprint density at radius 3 is 2.77 bits per heavy atom. The van der Waals surface area contributed by atoms with E-state index in [-0.39, 0.29) is 11.0 Å². The normalized spacial score (nSPS) is 9.69. The van der Waals surface area contributed by atoms with Crippen LogP contribution < -0.4 is 4.74 Å². The fourth-order valence-electron chi connectivity index (χ4n) is 0.653. The van der Waals surface area contributed by atoms with Crippen LogP contribution in [0.25, 0.3) is 0 Å². The van der Waals surface area contributed by atoms with Gasteiger partial charge in [0, 0.05) is 11.1 Å². The van der Waals surface area contributed by atoms with E-state index in [4.69, 9.17) is 33.0 Å². The Labute approximate surface area is 84.1 Å². The maximum absolute atomic E-state index is 10.1. The van der Waals surface area contributed by atoms with E-state index in [1.54, 1.807) is 0 Å². The van der Waals surface area contributed by atoms with E-state index in [0.717, 1.165) is 0 Å². The number of rotatable bonds is 3. The molecule has 0 unspecified atom stereocenters. The summed E-state index contributed by atoms with van der Waals surface area (Å²) in [5.74, 6) is -0.988. The molecule has 0 bridgehead atoms. The van der Waals surface area contributed by atoms with Gasteiger partial charge in [-0.3, -0.25) is 0 Å². The van der Waals surface area contributed by atoms with Crippen molar-refractivity contribution >= 4 is 29.2 Å². The highest BCUT2D eigenvalue weighted by Gasteiger charge is 2.03. The number of aliphatic carboxylic acids is 1. The van der Waals surface area contributed by atoms with Crippen LogP contribution in [0.15, 0.2) is 12.1 Å². The highest BCUT2D eigenvalue weighted by molar-refractivity contribution is 6.34. The highest BCUT2D eigenvalue weighted by atomic mass is 35.5. The van der Waals surface area contributed by atoms with E-state index in [2.05, 4.69) is 4.98 Å². The van der Waals surface area contributed by atoms with Crippen LogP contribution in [0.5, 0.6) is 5.88 Å². The van der Waals surface area contributed by atoms with Crippen molar-refractivity contribution in [3.63, 3.8) is 0 Å². The van der Waals surface area contributed by atoms with Gasteiger partial charge < -0.3 is 9.84 Å². The van der Waals surface area contributed by atoms with Gasteiger partial charge in [0.25, 0.3) is 0 Å². The van der Waals surface area contributed by atoms with Crippen molar-refractivity contribution in [2.45, 2.75) is 0 Å². The molecule has 4 nitrogen and oxygen atoms in total. The Balaban J connectivity index is 2.71. The van der Waals surface area contributed by atoms with Crippen LogP contribution >= 0.6 is 23.2 Å². The van der Waals surface area contributed by atoms with Gasteiger partial charge in [-0.2, -0.15) is 0 Å². The third-order valence-corrected chi connectivity index (χ3v) is 1.49. The zero-order chi connectivity index (χ0) is 9.84. The van der Waals surface area contributed by atoms with Gasteiger partial charge in [-0.25, -0.2) is 9.78 Å². The van der Waals surface area contributed by atoms with E-state index < -0.39 is 12.6 Å². The molecule has 0 atom stereocenters. The van der Waals surface area contributed by atoms with E-state index in [1.165, 1.54) is 12.1 Å². The van der Waals surface area contributed by atoms with Gasteiger partial charge in [0.15, 0.2) is 6.61 Å². The quantitative estimate of drug-likeness (QED) is 0.792. The number of carboxylic acid groups (broad SMARTS) is 1. The molecule has 0 amide bonds. The van der Waals surface area contributed by atoms with Crippen molar-refractivity contribution < 1.29 is 14.6 Å². The second-order valence-electron chi connectivity index (χ2n) is 2.13. The minimum absolute atomic E-state index is 0.0971. The van der Waals surface area contributed by atoms with Gasteiger partial charge >= 0.3 is 5.97 Å². The Morgan fingerprint density at radius 1 is 1.54 bits per heavy atom. The summed E-state index contributed by atoms with van der Waals surface area (Å²) < 4.78 is 4.75. The standard InChI is InChI=1S/C7H5Cl2NO3/c8-4-1-5(9)10-6(2-4)13-3-7(11)12/h1-2H,3H2,(H,11,12). The molecule has 70 valence electrons. The average Bonchev–Trinajstić information content (AvgIpc) is 1.99. The summed E-state index contributed by atoms with van der Waals surface area (Å²) in [7, 11) is 0. The molecule has 0 saturated carbocycles. The van der Waals surface area contributed by atoms with Gasteiger partial charge in [-0.05, 0) is 6.07 Å². The van der Waals surface area contributed by atoms with Gasteiger partial charge in [0.2, 0.25) is 5.88 Å². The van der Waals surface area contributed by atoms with E-state index in [1.807, 2.05) is 0 Å². The van der Waals surface area contributed by atoms with Gasteiger partial charge in [0.1, 0.15) is 5.15 Å². The Morgan fingerprint density at radius 2 is 2.23 bits per heavy atom. The van der Waals surface area contributed by atoms with Crippen molar-refractivity contribution in [2.75, 3.05) is 6.61 Å². The number of halogens is 2. The summed E-state index contributed by atoms with van der Waals surface area (Å²) in [5.41, 5.74) is 0. The van der Waals surface area contributed by atoms with Crippen molar-refractivity contribution in [3.05, 3.63) is 22.3 Å². The highest BCUT2D eigenvalue weighted by Crippen LogP contribution is 2.19. The van der Waals surface area contributed by atoms with E-state index in [0.29, 0.717) is 5.02 Å². The summed E-state index contributed by atoms with van der Waals surface area (Å²) in [6.45, 7) is -0.469. The molecule has 1 N–H and O–H groups in total. The lowest BCUT2D eigenvalue weighted by Gasteiger charge is -2.02. The Bertz CT molecular complexity index is 309. The molecule has 0 fully saturated rings. The van der Waals surface area contributed by atoms with Crippen molar-refractivity contribution in [1.82, 2.24) is 4.98 Å². The summed E-state index contributed by atoms with van der Waals surface area (Å²) in [6.07, 6.45) is 0. The molecule has 0 aliphatic rings. The molecule has 13 heavy (non-hydrogen) atoms. The molecule has 1 rings (SSSR count). The monoisotopic (exact) mass is 221 g/mol. The van der Waals surface area contributed by atoms with Crippen molar-refractivity contribution in [2.24, 2.45) is 0 Å². The minimum atomic E-state index is -1.09. The van der Waals surface area contributed by atoms with Crippen LogP contribution in [0, 0.1) is 0 Å². The first-order valence-corrected chi connectivity index (χ1v) is 4.01. The third-order valence-electron chi connectivity index (χ3n) is 1.08. The molecule has 1 heterocycles. The van der Waals surface area contributed by atoms with E-state index in [9.17, 15) is 4.79 Å². The molecule has 0 aliphatic carbocycles. The summed E-state index contributed by atoms with van der Waals surface area (Å²) >= 11 is 11.2. The van der Waals surface area contributed by atoms with Crippen molar-refractivity contribution in [3.8, 4) is 5.88 Å². The number of carboxylic acids is 1. The lowest BCUT2D eigenvalue weighted by Crippen LogP contribution is -2.10. The molecule has 0 radical (unpaired) electrons. The summed E-state index contributed by atoms with van der Waals surface area (Å²) in [6, 6.07) is 2.81. The van der Waals surface area contributed by atoms with Crippen molar-refractivity contribution in [1.29, 1.82) is 0 Å². The second kappa shape index (κ2) is 4.30. The molecule has 0 aromatic carbocycles. The fourth-order valence-corrected chi connectivity index (χ4v) is 1.11. The lowest BCUT2D eigenvalue weighted by atomic mass is 10.5. The zero-order valence-electron chi connectivity index (χ0n) is 6.33. The molecule has 0 aliphatic heterocycles. The number of hydrogen-bond acceptors (Lipinski definition) is 3. The van der Waals surface area contributed by atoms with Gasteiger partial charge in [0.05, 0.1) is 0 Å². The fraction of sp³-hybridized carbons (Fsp3) is 0.143. The van der Waals surface area contributed by atoms with Crippen LogP contribution in [-0.2, 0) is 4.79 Å². The number of pyridine rings is 1. The third kappa shape index (κ3) is 3.48. The number of ether oxygens (including phenoxy) is 1. The van der Waals surface area contributed by atoms with Crippen LogP contribution in [0.3, 0.4) is 0 Å². The SMILES string of the molecule is O=C(O)COc1cc(Cl)cc(Cl)n1. The first-order valence-electron chi connectivity index (χ1n) is 3.25. The molecule has 0 spiro atoms. The first kappa shape index (κ1) is 10.1. The smallest absolute Gasteiger partial charge is 0.341 e. The second-order valence-corrected chi connectivity index (χ2v) is 2.95. The lowest BCUT2D eigenvalue weighted by molar-refractivity contribution is -0.139. The van der Waals surface area contributed by atoms with Crippen LogP contribution in [-0.4, -0.2) is 22.7 Å². The first-order chi connectivity index (χ1) is 6.08. The number of nitrogens with zero attached hydrogens (tertiary/aromatic N) is 1. The summed E-state index contributed by atoms with van der Waals surface area (Å²) in [5, 5.41) is 8.80. The average molecular weight is 222 g/mol.